The lowest BCUT2D eigenvalue weighted by Crippen LogP contribution is -2.30. The average Bonchev–Trinajstić information content (AvgIpc) is 2.84. The number of nitrogens with one attached hydrogen (secondary N) is 2. The highest BCUT2D eigenvalue weighted by Crippen LogP contribution is 2.14. The topological polar surface area (TPSA) is 75.5 Å². The van der Waals surface area contributed by atoms with Crippen molar-refractivity contribution in [2.75, 3.05) is 13.1 Å². The van der Waals surface area contributed by atoms with Gasteiger partial charge in [0.1, 0.15) is 17.2 Å². The quantitative estimate of drug-likeness (QED) is 0.790. The van der Waals surface area contributed by atoms with Crippen molar-refractivity contribution in [3.05, 3.63) is 35.5 Å². The van der Waals surface area contributed by atoms with E-state index in [2.05, 4.69) is 15.6 Å². The molecule has 6 nitrogen and oxygen atoms in total. The third kappa shape index (κ3) is 3.60. The second-order valence-corrected chi connectivity index (χ2v) is 4.93. The number of amides is 2. The Morgan fingerprint density at radius 2 is 2.00 bits per heavy atom. The Kier molecular flexibility index (Phi) is 5.08. The van der Waals surface area contributed by atoms with Gasteiger partial charge < -0.3 is 10.6 Å². The van der Waals surface area contributed by atoms with Gasteiger partial charge in [0, 0.05) is 26.2 Å². The average molecular weight is 306 g/mol. The summed E-state index contributed by atoms with van der Waals surface area (Å²) in [5.74, 6) is -0.818. The Bertz CT molecular complexity index is 696. The molecule has 0 saturated carbocycles. The zero-order valence-electron chi connectivity index (χ0n) is 12.6. The fraction of sp³-hybridized carbons (Fsp3) is 0.400. The van der Waals surface area contributed by atoms with Crippen molar-refractivity contribution in [2.24, 2.45) is 0 Å². The van der Waals surface area contributed by atoms with Gasteiger partial charge in [-0.05, 0) is 25.0 Å². The molecule has 118 valence electrons. The van der Waals surface area contributed by atoms with E-state index in [4.69, 9.17) is 0 Å². The number of nitrogens with zero attached hydrogens (tertiary/aromatic N) is 2. The van der Waals surface area contributed by atoms with Crippen LogP contribution in [-0.2, 0) is 11.2 Å². The predicted octanol–water partition coefficient (Wildman–Crippen LogP) is 1.29. The zero-order valence-corrected chi connectivity index (χ0v) is 12.6. The molecule has 2 N–H and O–H groups in total. The van der Waals surface area contributed by atoms with Crippen LogP contribution < -0.4 is 10.6 Å². The van der Waals surface area contributed by atoms with Gasteiger partial charge in [0.25, 0.3) is 5.91 Å². The predicted molar refractivity (Wildman–Crippen MR) is 80.2 cm³/mol. The first-order chi connectivity index (χ1) is 10.5. The number of aromatic nitrogens is 2. The summed E-state index contributed by atoms with van der Waals surface area (Å²) in [5.41, 5.74) is 1.53. The maximum Gasteiger partial charge on any atom is 0.270 e. The molecule has 0 aliphatic carbocycles. The molecule has 2 amide bonds. The number of hydrogen-bond donors (Lipinski definition) is 2. The molecule has 0 aliphatic rings. The van der Waals surface area contributed by atoms with E-state index in [1.165, 1.54) is 23.6 Å². The van der Waals surface area contributed by atoms with Gasteiger partial charge in [-0.1, -0.05) is 6.92 Å². The molecule has 0 fully saturated rings. The first kappa shape index (κ1) is 15.9. The van der Waals surface area contributed by atoms with E-state index < -0.39 is 5.82 Å². The summed E-state index contributed by atoms with van der Waals surface area (Å²) in [6.07, 6.45) is 2.46. The molecule has 0 radical (unpaired) electrons. The van der Waals surface area contributed by atoms with E-state index in [-0.39, 0.29) is 11.8 Å². The van der Waals surface area contributed by atoms with Gasteiger partial charge in [-0.15, -0.1) is 0 Å². The fourth-order valence-corrected chi connectivity index (χ4v) is 2.19. The molecule has 0 atom stereocenters. The van der Waals surface area contributed by atoms with E-state index in [1.54, 1.807) is 6.07 Å². The minimum absolute atomic E-state index is 0.100. The normalized spacial score (nSPS) is 10.7. The van der Waals surface area contributed by atoms with Crippen LogP contribution in [0.15, 0.2) is 18.3 Å². The highest BCUT2D eigenvalue weighted by Gasteiger charge is 2.18. The van der Waals surface area contributed by atoms with Crippen molar-refractivity contribution < 1.29 is 14.0 Å². The van der Waals surface area contributed by atoms with Crippen LogP contribution in [0.2, 0.25) is 0 Å². The molecular weight excluding hydrogens is 287 g/mol. The number of halogens is 1. The lowest BCUT2D eigenvalue weighted by molar-refractivity contribution is -0.118. The highest BCUT2D eigenvalue weighted by atomic mass is 19.1. The first-order valence-corrected chi connectivity index (χ1v) is 7.22. The van der Waals surface area contributed by atoms with Crippen molar-refractivity contribution >= 4 is 17.5 Å². The second kappa shape index (κ2) is 7.02. The molecule has 22 heavy (non-hydrogen) atoms. The van der Waals surface area contributed by atoms with Gasteiger partial charge in [-0.2, -0.15) is 0 Å². The van der Waals surface area contributed by atoms with E-state index in [0.717, 1.165) is 0 Å². The Hall–Kier alpha value is -2.44. The van der Waals surface area contributed by atoms with Gasteiger partial charge in [-0.25, -0.2) is 9.37 Å². The fourth-order valence-electron chi connectivity index (χ4n) is 2.19. The Balaban J connectivity index is 2.10. The molecule has 2 aromatic heterocycles. The molecule has 2 rings (SSSR count). The Labute approximate surface area is 127 Å². The number of imidazole rings is 1. The molecule has 0 saturated heterocycles. The van der Waals surface area contributed by atoms with E-state index in [0.29, 0.717) is 43.0 Å². The van der Waals surface area contributed by atoms with Crippen LogP contribution in [-0.4, -0.2) is 34.3 Å². The molecule has 0 aromatic carbocycles. The van der Waals surface area contributed by atoms with E-state index in [1.807, 2.05) is 6.92 Å². The molecular formula is C15H19FN4O2. The third-order valence-electron chi connectivity index (χ3n) is 3.22. The van der Waals surface area contributed by atoms with Gasteiger partial charge in [0.2, 0.25) is 5.91 Å². The van der Waals surface area contributed by atoms with Crippen LogP contribution in [0.5, 0.6) is 0 Å². The van der Waals surface area contributed by atoms with Crippen molar-refractivity contribution in [1.29, 1.82) is 0 Å². The van der Waals surface area contributed by atoms with Gasteiger partial charge in [-0.3, -0.25) is 14.0 Å². The third-order valence-corrected chi connectivity index (χ3v) is 3.22. The van der Waals surface area contributed by atoms with Gasteiger partial charge >= 0.3 is 0 Å². The summed E-state index contributed by atoms with van der Waals surface area (Å²) in [4.78, 5) is 27.4. The molecule has 2 aromatic rings. The molecule has 0 aliphatic heterocycles. The maximum absolute atomic E-state index is 13.4. The van der Waals surface area contributed by atoms with Crippen molar-refractivity contribution in [3.8, 4) is 0 Å². The van der Waals surface area contributed by atoms with Crippen molar-refractivity contribution in [3.63, 3.8) is 0 Å². The van der Waals surface area contributed by atoms with E-state index >= 15 is 0 Å². The number of rotatable bonds is 6. The number of carbonyl (C=O) groups is 2. The standard InChI is InChI=1S/C15H19FN4O2/c1-3-12-14(15(22)18-8-4-7-17-10(2)21)20-9-11(16)5-6-13(20)19-12/h5-6,9H,3-4,7-8H2,1-2H3,(H,17,21)(H,18,22). The minimum Gasteiger partial charge on any atom is -0.356 e. The van der Waals surface area contributed by atoms with Crippen LogP contribution in [0.1, 0.15) is 36.5 Å². The number of fused-ring (bicyclic) bond motifs is 1. The minimum atomic E-state index is -0.424. The molecule has 2 heterocycles. The van der Waals surface area contributed by atoms with Gasteiger partial charge in [0.15, 0.2) is 0 Å². The van der Waals surface area contributed by atoms with Crippen molar-refractivity contribution in [2.45, 2.75) is 26.7 Å². The number of aryl methyl sites for hydroxylation is 1. The number of pyridine rings is 1. The molecule has 0 bridgehead atoms. The largest absolute Gasteiger partial charge is 0.356 e. The summed E-state index contributed by atoms with van der Waals surface area (Å²) in [5, 5.41) is 5.43. The molecule has 0 spiro atoms. The summed E-state index contributed by atoms with van der Waals surface area (Å²) in [6, 6.07) is 2.86. The summed E-state index contributed by atoms with van der Waals surface area (Å²) in [6.45, 7) is 4.26. The SMILES string of the molecule is CCc1nc2ccc(F)cn2c1C(=O)NCCCNC(C)=O. The number of hydrogen-bond acceptors (Lipinski definition) is 3. The lowest BCUT2D eigenvalue weighted by atomic mass is 10.2. The smallest absolute Gasteiger partial charge is 0.270 e. The monoisotopic (exact) mass is 306 g/mol. The van der Waals surface area contributed by atoms with Crippen LogP contribution in [0.25, 0.3) is 5.65 Å². The summed E-state index contributed by atoms with van der Waals surface area (Å²) in [7, 11) is 0. The molecule has 0 unspecified atom stereocenters. The highest BCUT2D eigenvalue weighted by molar-refractivity contribution is 5.94. The van der Waals surface area contributed by atoms with Gasteiger partial charge in [0.05, 0.1) is 5.69 Å². The Morgan fingerprint density at radius 3 is 2.68 bits per heavy atom. The van der Waals surface area contributed by atoms with E-state index in [9.17, 15) is 14.0 Å². The summed E-state index contributed by atoms with van der Waals surface area (Å²) < 4.78 is 14.9. The van der Waals surface area contributed by atoms with Crippen LogP contribution in [0.4, 0.5) is 4.39 Å². The second-order valence-electron chi connectivity index (χ2n) is 4.93. The lowest BCUT2D eigenvalue weighted by Gasteiger charge is -2.07. The maximum atomic E-state index is 13.4. The van der Waals surface area contributed by atoms with Crippen LogP contribution in [0, 0.1) is 5.82 Å². The first-order valence-electron chi connectivity index (χ1n) is 7.22. The van der Waals surface area contributed by atoms with Crippen LogP contribution >= 0.6 is 0 Å². The number of carbonyl (C=O) groups excluding carboxylic acids is 2. The molecule has 7 heteroatoms. The zero-order chi connectivity index (χ0) is 16.1. The van der Waals surface area contributed by atoms with Crippen molar-refractivity contribution in [1.82, 2.24) is 20.0 Å². The summed E-state index contributed by atoms with van der Waals surface area (Å²) >= 11 is 0. The Morgan fingerprint density at radius 1 is 1.27 bits per heavy atom. The van der Waals surface area contributed by atoms with Crippen LogP contribution in [0.3, 0.4) is 0 Å².